The molecule has 0 spiro atoms. The van der Waals surface area contributed by atoms with Crippen molar-refractivity contribution in [3.8, 4) is 0 Å². The van der Waals surface area contributed by atoms with Crippen molar-refractivity contribution in [1.82, 2.24) is 9.80 Å². The highest BCUT2D eigenvalue weighted by Crippen LogP contribution is 2.14. The Bertz CT molecular complexity index is 478. The second kappa shape index (κ2) is 6.88. The van der Waals surface area contributed by atoms with Gasteiger partial charge in [-0.1, -0.05) is 30.3 Å². The summed E-state index contributed by atoms with van der Waals surface area (Å²) in [5.74, 6) is 1.29. The Labute approximate surface area is 123 Å². The van der Waals surface area contributed by atoms with Crippen LogP contribution in [-0.4, -0.2) is 51.2 Å². The Morgan fingerprint density at radius 1 is 1.35 bits per heavy atom. The van der Waals surface area contributed by atoms with Crippen molar-refractivity contribution in [2.45, 2.75) is 25.9 Å². The molecule has 2 amide bonds. The van der Waals surface area contributed by atoms with Crippen molar-refractivity contribution in [3.63, 3.8) is 0 Å². The van der Waals surface area contributed by atoms with Gasteiger partial charge in [-0.25, -0.2) is 4.79 Å². The highest BCUT2D eigenvalue weighted by Gasteiger charge is 2.26. The average Bonchev–Trinajstić information content (AvgIpc) is 2.61. The lowest BCUT2D eigenvalue weighted by molar-refractivity contribution is 0.147. The fourth-order valence-electron chi connectivity index (χ4n) is 2.41. The van der Waals surface area contributed by atoms with E-state index in [1.165, 1.54) is 0 Å². The molecule has 0 radical (unpaired) electrons. The second-order valence-electron chi connectivity index (χ2n) is 5.30. The molecule has 20 heavy (non-hydrogen) atoms. The van der Waals surface area contributed by atoms with E-state index in [9.17, 15) is 9.00 Å². The van der Waals surface area contributed by atoms with E-state index in [1.807, 2.05) is 49.2 Å². The predicted molar refractivity (Wildman–Crippen MR) is 82.0 cm³/mol. The highest BCUT2D eigenvalue weighted by atomic mass is 32.2. The fraction of sp³-hybridized carbons (Fsp3) is 0.533. The van der Waals surface area contributed by atoms with Crippen molar-refractivity contribution in [2.75, 3.05) is 25.1 Å². The number of amides is 2. The maximum Gasteiger partial charge on any atom is 0.320 e. The molecule has 0 saturated carbocycles. The van der Waals surface area contributed by atoms with Crippen LogP contribution in [0.2, 0.25) is 0 Å². The number of hydrogen-bond acceptors (Lipinski definition) is 2. The molecule has 2 atom stereocenters. The third kappa shape index (κ3) is 3.82. The van der Waals surface area contributed by atoms with Crippen molar-refractivity contribution in [1.29, 1.82) is 0 Å². The third-order valence-corrected chi connectivity index (χ3v) is 5.02. The van der Waals surface area contributed by atoms with Crippen LogP contribution in [0.3, 0.4) is 0 Å². The van der Waals surface area contributed by atoms with Gasteiger partial charge in [-0.15, -0.1) is 0 Å². The Balaban J connectivity index is 2.00. The van der Waals surface area contributed by atoms with E-state index >= 15 is 0 Å². The zero-order chi connectivity index (χ0) is 14.5. The molecule has 0 N–H and O–H groups in total. The summed E-state index contributed by atoms with van der Waals surface area (Å²) in [5, 5.41) is 0. The van der Waals surface area contributed by atoms with Crippen LogP contribution in [0.25, 0.3) is 0 Å². The predicted octanol–water partition coefficient (Wildman–Crippen LogP) is 2.08. The monoisotopic (exact) mass is 294 g/mol. The van der Waals surface area contributed by atoms with Crippen LogP contribution >= 0.6 is 0 Å². The Kier molecular flexibility index (Phi) is 5.17. The number of rotatable bonds is 2. The molecule has 1 aromatic carbocycles. The van der Waals surface area contributed by atoms with Gasteiger partial charge in [0.25, 0.3) is 0 Å². The lowest BCUT2D eigenvalue weighted by Crippen LogP contribution is -2.46. The molecule has 1 aliphatic heterocycles. The molecule has 0 aliphatic carbocycles. The van der Waals surface area contributed by atoms with Crippen LogP contribution in [-0.2, 0) is 17.3 Å². The van der Waals surface area contributed by atoms with E-state index in [2.05, 4.69) is 0 Å². The quantitative estimate of drug-likeness (QED) is 0.838. The molecule has 2 rings (SSSR count). The maximum atomic E-state index is 12.5. The average molecular weight is 294 g/mol. The molecule has 0 aromatic heterocycles. The summed E-state index contributed by atoms with van der Waals surface area (Å²) in [7, 11) is 1.04. The highest BCUT2D eigenvalue weighted by molar-refractivity contribution is 7.85. The van der Waals surface area contributed by atoms with E-state index < -0.39 is 10.8 Å². The molecule has 0 bridgehead atoms. The normalized spacial score (nSPS) is 23.2. The Hall–Kier alpha value is -1.36. The SMILES string of the molecule is C[C@H]1CC[S@@](=O)CCN1C(=O)N(C)Cc1ccccc1. The zero-order valence-electron chi connectivity index (χ0n) is 12.1. The minimum atomic E-state index is -0.779. The molecular weight excluding hydrogens is 272 g/mol. The first kappa shape index (κ1) is 15.0. The van der Waals surface area contributed by atoms with E-state index in [4.69, 9.17) is 0 Å². The van der Waals surface area contributed by atoms with E-state index in [-0.39, 0.29) is 12.1 Å². The molecule has 1 fully saturated rings. The summed E-state index contributed by atoms with van der Waals surface area (Å²) in [4.78, 5) is 16.1. The topological polar surface area (TPSA) is 40.6 Å². The molecule has 1 aromatic rings. The van der Waals surface area contributed by atoms with E-state index in [1.54, 1.807) is 4.90 Å². The van der Waals surface area contributed by atoms with Gasteiger partial charge in [0.05, 0.1) is 0 Å². The van der Waals surface area contributed by atoms with Gasteiger partial charge in [0.15, 0.2) is 0 Å². The van der Waals surface area contributed by atoms with Gasteiger partial charge in [0.1, 0.15) is 0 Å². The van der Waals surface area contributed by atoms with Crippen LogP contribution in [0.1, 0.15) is 18.9 Å². The molecule has 4 nitrogen and oxygen atoms in total. The molecule has 1 heterocycles. The number of urea groups is 1. The fourth-order valence-corrected chi connectivity index (χ4v) is 3.62. The van der Waals surface area contributed by atoms with Crippen molar-refractivity contribution < 1.29 is 9.00 Å². The van der Waals surface area contributed by atoms with Crippen LogP contribution < -0.4 is 0 Å². The van der Waals surface area contributed by atoms with Gasteiger partial charge >= 0.3 is 6.03 Å². The molecule has 1 saturated heterocycles. The molecule has 110 valence electrons. The molecule has 5 heteroatoms. The standard InChI is InChI=1S/C15H22N2O2S/c1-13-8-10-20(19)11-9-17(13)15(18)16(2)12-14-6-4-3-5-7-14/h3-7,13H,8-12H2,1-2H3/t13-,20+/m0/s1. The lowest BCUT2D eigenvalue weighted by atomic mass is 10.2. The summed E-state index contributed by atoms with van der Waals surface area (Å²) < 4.78 is 11.6. The van der Waals surface area contributed by atoms with Gasteiger partial charge < -0.3 is 9.80 Å². The molecule has 0 unspecified atom stereocenters. The smallest absolute Gasteiger partial charge is 0.320 e. The van der Waals surface area contributed by atoms with E-state index in [0.717, 1.165) is 12.0 Å². The largest absolute Gasteiger partial charge is 0.323 e. The van der Waals surface area contributed by atoms with Gasteiger partial charge in [-0.05, 0) is 18.9 Å². The summed E-state index contributed by atoms with van der Waals surface area (Å²) in [6.45, 7) is 3.23. The minimum absolute atomic E-state index is 0.0280. The Morgan fingerprint density at radius 2 is 2.05 bits per heavy atom. The van der Waals surface area contributed by atoms with Gasteiger partial charge in [0.2, 0.25) is 0 Å². The van der Waals surface area contributed by atoms with E-state index in [0.29, 0.717) is 24.6 Å². The van der Waals surface area contributed by atoms with Crippen LogP contribution in [0.15, 0.2) is 30.3 Å². The van der Waals surface area contributed by atoms with Gasteiger partial charge in [-0.3, -0.25) is 4.21 Å². The number of nitrogens with zero attached hydrogens (tertiary/aromatic N) is 2. The molecule has 1 aliphatic rings. The Morgan fingerprint density at radius 3 is 2.75 bits per heavy atom. The summed E-state index contributed by atoms with van der Waals surface area (Å²) in [6.07, 6.45) is 0.817. The van der Waals surface area contributed by atoms with Crippen LogP contribution in [0.4, 0.5) is 4.79 Å². The number of benzene rings is 1. The maximum absolute atomic E-state index is 12.5. The first-order chi connectivity index (χ1) is 9.58. The molecular formula is C15H22N2O2S. The van der Waals surface area contributed by atoms with Gasteiger partial charge in [0, 0.05) is 48.5 Å². The first-order valence-corrected chi connectivity index (χ1v) is 8.47. The van der Waals surface area contributed by atoms with Crippen molar-refractivity contribution >= 4 is 16.8 Å². The number of carbonyl (C=O) groups is 1. The van der Waals surface area contributed by atoms with Crippen molar-refractivity contribution in [2.24, 2.45) is 0 Å². The zero-order valence-corrected chi connectivity index (χ0v) is 12.9. The minimum Gasteiger partial charge on any atom is -0.323 e. The van der Waals surface area contributed by atoms with Crippen molar-refractivity contribution in [3.05, 3.63) is 35.9 Å². The number of hydrogen-bond donors (Lipinski definition) is 0. The van der Waals surface area contributed by atoms with Gasteiger partial charge in [-0.2, -0.15) is 0 Å². The van der Waals surface area contributed by atoms with Crippen LogP contribution in [0.5, 0.6) is 0 Å². The van der Waals surface area contributed by atoms with Crippen LogP contribution in [0, 0.1) is 0 Å². The summed E-state index contributed by atoms with van der Waals surface area (Å²) >= 11 is 0. The lowest BCUT2D eigenvalue weighted by Gasteiger charge is -2.31. The second-order valence-corrected chi connectivity index (χ2v) is 7.00. The number of carbonyl (C=O) groups excluding carboxylic acids is 1. The summed E-state index contributed by atoms with van der Waals surface area (Å²) in [6, 6.07) is 10.1. The first-order valence-electron chi connectivity index (χ1n) is 6.98. The third-order valence-electron chi connectivity index (χ3n) is 3.69. The summed E-state index contributed by atoms with van der Waals surface area (Å²) in [5.41, 5.74) is 1.12.